The summed E-state index contributed by atoms with van der Waals surface area (Å²) < 4.78 is 12.1. The van der Waals surface area contributed by atoms with Crippen molar-refractivity contribution in [1.82, 2.24) is 0 Å². The van der Waals surface area contributed by atoms with Crippen LogP contribution < -0.4 is 5.73 Å². The predicted octanol–water partition coefficient (Wildman–Crippen LogP) is 2.37. The van der Waals surface area contributed by atoms with Gasteiger partial charge in [0, 0.05) is 6.16 Å². The van der Waals surface area contributed by atoms with E-state index >= 15 is 0 Å². The number of nitrogens with two attached hydrogens (primary N) is 1. The van der Waals surface area contributed by atoms with Crippen molar-refractivity contribution in [3.8, 4) is 0 Å². The molecule has 2 N–H and O–H groups in total. The van der Waals surface area contributed by atoms with Crippen LogP contribution in [0, 0.1) is 5.41 Å². The van der Waals surface area contributed by atoms with Crippen molar-refractivity contribution in [3.63, 3.8) is 0 Å². The lowest BCUT2D eigenvalue weighted by molar-refractivity contribution is 0.424. The molecule has 0 saturated carbocycles. The quantitative estimate of drug-likeness (QED) is 0.678. The third kappa shape index (κ3) is 3.73. The first-order valence-corrected chi connectivity index (χ1v) is 6.92. The summed E-state index contributed by atoms with van der Waals surface area (Å²) in [4.78, 5) is 0. The van der Waals surface area contributed by atoms with Gasteiger partial charge >= 0.3 is 0 Å². The maximum absolute atomic E-state index is 12.1. The van der Waals surface area contributed by atoms with Crippen LogP contribution in [0.5, 0.6) is 0 Å². The molecule has 0 saturated heterocycles. The smallest absolute Gasteiger partial charge is 0.0878 e. The number of hydrogen-bond acceptors (Lipinski definition) is 2. The Kier molecular flexibility index (Phi) is 4.50. The van der Waals surface area contributed by atoms with E-state index in [1.54, 1.807) is 0 Å². The topological polar surface area (TPSA) is 43.1 Å². The molecule has 0 radical (unpaired) electrons. The summed E-state index contributed by atoms with van der Waals surface area (Å²) >= 11 is 0. The molecule has 12 heavy (non-hydrogen) atoms. The molecular weight excluding hydrogens is 169 g/mol. The molecule has 2 nitrogen and oxygen atoms in total. The van der Waals surface area contributed by atoms with E-state index in [-0.39, 0.29) is 5.41 Å². The molecule has 0 spiro atoms. The van der Waals surface area contributed by atoms with Gasteiger partial charge in [0.1, 0.15) is 0 Å². The molecule has 0 amide bonds. The highest BCUT2D eigenvalue weighted by Crippen LogP contribution is 2.48. The lowest BCUT2D eigenvalue weighted by atomic mass is 9.97. The van der Waals surface area contributed by atoms with Crippen LogP contribution in [0.2, 0.25) is 0 Å². The summed E-state index contributed by atoms with van der Waals surface area (Å²) in [6.07, 6.45) is 2.42. The van der Waals surface area contributed by atoms with E-state index in [0.29, 0.717) is 6.54 Å². The minimum Gasteiger partial charge on any atom is -0.330 e. The summed E-state index contributed by atoms with van der Waals surface area (Å²) in [5, 5.41) is 0. The summed E-state index contributed by atoms with van der Waals surface area (Å²) in [5.41, 5.74) is 5.64. The molecule has 0 unspecified atom stereocenters. The fourth-order valence-corrected chi connectivity index (χ4v) is 3.88. The van der Waals surface area contributed by atoms with Crippen molar-refractivity contribution >= 4 is 7.14 Å². The van der Waals surface area contributed by atoms with Crippen molar-refractivity contribution in [2.24, 2.45) is 11.1 Å². The SMILES string of the molecule is CCP(=O)(CC)CC(C)(C)CN. The Hall–Kier alpha value is 0.190. The van der Waals surface area contributed by atoms with Crippen LogP contribution in [0.15, 0.2) is 0 Å². The van der Waals surface area contributed by atoms with Crippen molar-refractivity contribution in [3.05, 3.63) is 0 Å². The molecule has 0 aromatic rings. The van der Waals surface area contributed by atoms with Crippen LogP contribution in [0.4, 0.5) is 0 Å². The Morgan fingerprint density at radius 3 is 1.92 bits per heavy atom. The largest absolute Gasteiger partial charge is 0.330 e. The highest BCUT2D eigenvalue weighted by molar-refractivity contribution is 7.63. The monoisotopic (exact) mass is 191 g/mol. The zero-order valence-electron chi connectivity index (χ0n) is 8.76. The van der Waals surface area contributed by atoms with Crippen LogP contribution in [0.3, 0.4) is 0 Å². The fourth-order valence-electron chi connectivity index (χ4n) is 1.29. The van der Waals surface area contributed by atoms with Gasteiger partial charge < -0.3 is 10.3 Å². The maximum Gasteiger partial charge on any atom is 0.0878 e. The first-order chi connectivity index (χ1) is 5.39. The molecule has 0 bridgehead atoms. The van der Waals surface area contributed by atoms with E-state index in [1.807, 2.05) is 13.8 Å². The van der Waals surface area contributed by atoms with Crippen molar-refractivity contribution in [1.29, 1.82) is 0 Å². The molecule has 0 aromatic heterocycles. The summed E-state index contributed by atoms with van der Waals surface area (Å²) in [6.45, 7) is 8.82. The van der Waals surface area contributed by atoms with Crippen molar-refractivity contribution in [2.45, 2.75) is 27.7 Å². The molecular formula is C9H22NOP. The third-order valence-electron chi connectivity index (χ3n) is 2.42. The van der Waals surface area contributed by atoms with Crippen molar-refractivity contribution < 1.29 is 4.57 Å². The Bertz CT molecular complexity index is 169. The van der Waals surface area contributed by atoms with Crippen LogP contribution >= 0.6 is 7.14 Å². The minimum absolute atomic E-state index is 0.0432. The Morgan fingerprint density at radius 1 is 1.25 bits per heavy atom. The number of hydrogen-bond donors (Lipinski definition) is 1. The Labute approximate surface area is 76.3 Å². The lowest BCUT2D eigenvalue weighted by Gasteiger charge is -2.27. The van der Waals surface area contributed by atoms with Crippen LogP contribution in [0.25, 0.3) is 0 Å². The lowest BCUT2D eigenvalue weighted by Crippen LogP contribution is -2.28. The van der Waals surface area contributed by atoms with E-state index < -0.39 is 7.14 Å². The second-order valence-electron chi connectivity index (χ2n) is 4.22. The van der Waals surface area contributed by atoms with Gasteiger partial charge in [0.2, 0.25) is 0 Å². The second-order valence-corrected chi connectivity index (χ2v) is 7.91. The van der Waals surface area contributed by atoms with Gasteiger partial charge in [-0.05, 0) is 24.3 Å². The van der Waals surface area contributed by atoms with Crippen LogP contribution in [-0.4, -0.2) is 25.0 Å². The Morgan fingerprint density at radius 2 is 1.67 bits per heavy atom. The standard InChI is InChI=1S/C9H22NOP/c1-5-12(11,6-2)8-9(3,4)7-10/h5-8,10H2,1-4H3. The van der Waals surface area contributed by atoms with E-state index in [0.717, 1.165) is 18.5 Å². The molecule has 0 aliphatic heterocycles. The highest BCUT2D eigenvalue weighted by atomic mass is 31.2. The third-order valence-corrected chi connectivity index (χ3v) is 6.16. The van der Waals surface area contributed by atoms with Gasteiger partial charge in [-0.3, -0.25) is 0 Å². The van der Waals surface area contributed by atoms with Crippen molar-refractivity contribution in [2.75, 3.05) is 25.0 Å². The normalized spacial score (nSPS) is 13.4. The Balaban J connectivity index is 4.31. The summed E-state index contributed by atoms with van der Waals surface area (Å²) in [5.74, 6) is 0. The van der Waals surface area contributed by atoms with Gasteiger partial charge in [-0.1, -0.05) is 27.7 Å². The maximum atomic E-state index is 12.1. The van der Waals surface area contributed by atoms with E-state index in [4.69, 9.17) is 5.73 Å². The van der Waals surface area contributed by atoms with Gasteiger partial charge in [0.15, 0.2) is 0 Å². The molecule has 0 heterocycles. The van der Waals surface area contributed by atoms with Gasteiger partial charge in [0.05, 0.1) is 7.14 Å². The zero-order valence-corrected chi connectivity index (χ0v) is 9.66. The van der Waals surface area contributed by atoms with E-state index in [1.165, 1.54) is 0 Å². The average Bonchev–Trinajstić information content (AvgIpc) is 2.04. The fraction of sp³-hybridized carbons (Fsp3) is 1.00. The number of rotatable bonds is 5. The molecule has 74 valence electrons. The first kappa shape index (κ1) is 12.2. The molecule has 0 fully saturated rings. The van der Waals surface area contributed by atoms with E-state index in [2.05, 4.69) is 13.8 Å². The minimum atomic E-state index is -1.90. The van der Waals surface area contributed by atoms with Gasteiger partial charge in [-0.25, -0.2) is 0 Å². The van der Waals surface area contributed by atoms with E-state index in [9.17, 15) is 4.57 Å². The van der Waals surface area contributed by atoms with Crippen LogP contribution in [-0.2, 0) is 4.57 Å². The average molecular weight is 191 g/mol. The molecule has 0 aromatic carbocycles. The highest BCUT2D eigenvalue weighted by Gasteiger charge is 2.27. The summed E-state index contributed by atoms with van der Waals surface area (Å²) in [6, 6.07) is 0. The van der Waals surface area contributed by atoms with Gasteiger partial charge in [-0.15, -0.1) is 0 Å². The predicted molar refractivity (Wildman–Crippen MR) is 56.4 cm³/mol. The molecule has 0 aliphatic rings. The molecule has 0 atom stereocenters. The van der Waals surface area contributed by atoms with Crippen LogP contribution in [0.1, 0.15) is 27.7 Å². The molecule has 0 rings (SSSR count). The zero-order chi connectivity index (χ0) is 9.83. The first-order valence-electron chi connectivity index (χ1n) is 4.66. The van der Waals surface area contributed by atoms with Gasteiger partial charge in [-0.2, -0.15) is 0 Å². The van der Waals surface area contributed by atoms with Gasteiger partial charge in [0.25, 0.3) is 0 Å². The molecule has 0 aliphatic carbocycles. The second kappa shape index (κ2) is 4.43. The summed E-state index contributed by atoms with van der Waals surface area (Å²) in [7, 11) is -1.90. The molecule has 3 heteroatoms.